The molecule has 6 nitrogen and oxygen atoms in total. The number of hydrogen-bond acceptors (Lipinski definition) is 4. The van der Waals surface area contributed by atoms with Crippen molar-refractivity contribution in [1.29, 1.82) is 0 Å². The van der Waals surface area contributed by atoms with Crippen molar-refractivity contribution in [3.05, 3.63) is 107 Å². The fourth-order valence-corrected chi connectivity index (χ4v) is 4.32. The van der Waals surface area contributed by atoms with Crippen LogP contribution in [0.3, 0.4) is 0 Å². The molecule has 0 fully saturated rings. The fourth-order valence-electron chi connectivity index (χ4n) is 4.32. The van der Waals surface area contributed by atoms with Crippen LogP contribution in [0.5, 0.6) is 5.75 Å². The lowest BCUT2D eigenvalue weighted by Crippen LogP contribution is -2.35. The van der Waals surface area contributed by atoms with Gasteiger partial charge in [-0.1, -0.05) is 6.07 Å². The zero-order valence-electron chi connectivity index (χ0n) is 20.3. The quantitative estimate of drug-likeness (QED) is 0.330. The number of rotatable bonds is 5. The Morgan fingerprint density at radius 2 is 1.68 bits per heavy atom. The second kappa shape index (κ2) is 10.1. The summed E-state index contributed by atoms with van der Waals surface area (Å²) in [6.07, 6.45) is -3.95. The van der Waals surface area contributed by atoms with Gasteiger partial charge in [0.05, 0.1) is 12.7 Å². The van der Waals surface area contributed by atoms with Gasteiger partial charge in [-0.15, -0.1) is 0 Å². The van der Waals surface area contributed by atoms with E-state index in [1.165, 1.54) is 19.2 Å². The molecule has 2 amide bonds. The van der Waals surface area contributed by atoms with Gasteiger partial charge in [-0.2, -0.15) is 13.2 Å². The molecule has 1 aliphatic heterocycles. The van der Waals surface area contributed by atoms with Crippen LogP contribution in [0.4, 0.5) is 18.9 Å². The number of alkyl halides is 3. The Morgan fingerprint density at radius 1 is 0.947 bits per heavy atom. The van der Waals surface area contributed by atoms with Crippen LogP contribution < -0.4 is 10.1 Å². The van der Waals surface area contributed by atoms with E-state index in [9.17, 15) is 22.8 Å². The molecule has 5 rings (SSSR count). The summed E-state index contributed by atoms with van der Waals surface area (Å²) in [6.45, 7) is 0.697. The Morgan fingerprint density at radius 3 is 2.37 bits per heavy atom. The standard InChI is InChI=1S/C29H23F3N2O4/c1-37-24-4-2-3-20(15-24)27(35)33-23-11-7-18(8-12-23)26-16-21-17-34(14-13-25(21)38-26)28(36)19-5-9-22(10-6-19)29(30,31)32/h2-12,15-16H,13-14,17H2,1H3,(H,33,35). The van der Waals surface area contributed by atoms with Gasteiger partial charge in [0.1, 0.15) is 17.3 Å². The van der Waals surface area contributed by atoms with Crippen molar-refractivity contribution < 1.29 is 31.9 Å². The summed E-state index contributed by atoms with van der Waals surface area (Å²) in [7, 11) is 1.54. The van der Waals surface area contributed by atoms with Gasteiger partial charge in [0, 0.05) is 47.5 Å². The van der Waals surface area contributed by atoms with Crippen molar-refractivity contribution in [2.24, 2.45) is 0 Å². The Labute approximate surface area is 216 Å². The van der Waals surface area contributed by atoms with E-state index in [0.717, 1.165) is 29.0 Å². The molecule has 38 heavy (non-hydrogen) atoms. The number of amides is 2. The van der Waals surface area contributed by atoms with Crippen LogP contribution in [0.15, 0.2) is 83.3 Å². The number of anilines is 1. The van der Waals surface area contributed by atoms with E-state index in [1.807, 2.05) is 18.2 Å². The van der Waals surface area contributed by atoms with E-state index in [1.54, 1.807) is 41.3 Å². The first-order valence-corrected chi connectivity index (χ1v) is 11.9. The smallest absolute Gasteiger partial charge is 0.416 e. The van der Waals surface area contributed by atoms with Crippen molar-refractivity contribution in [3.8, 4) is 17.1 Å². The number of ether oxygens (including phenoxy) is 1. The van der Waals surface area contributed by atoms with Crippen LogP contribution in [0.1, 0.15) is 37.6 Å². The first kappa shape index (κ1) is 25.1. The summed E-state index contributed by atoms with van der Waals surface area (Å²) in [4.78, 5) is 27.0. The highest BCUT2D eigenvalue weighted by Gasteiger charge is 2.31. The molecule has 0 unspecified atom stereocenters. The highest BCUT2D eigenvalue weighted by Crippen LogP contribution is 2.32. The summed E-state index contributed by atoms with van der Waals surface area (Å²) < 4.78 is 49.7. The minimum absolute atomic E-state index is 0.205. The van der Waals surface area contributed by atoms with Crippen LogP contribution >= 0.6 is 0 Å². The molecule has 3 aromatic carbocycles. The Balaban J connectivity index is 1.25. The fraction of sp³-hybridized carbons (Fsp3) is 0.172. The van der Waals surface area contributed by atoms with Crippen LogP contribution in [-0.2, 0) is 19.1 Å². The van der Waals surface area contributed by atoms with Crippen LogP contribution in [0, 0.1) is 0 Å². The lowest BCUT2D eigenvalue weighted by Gasteiger charge is -2.26. The summed E-state index contributed by atoms with van der Waals surface area (Å²) in [6, 6.07) is 20.2. The maximum absolute atomic E-state index is 12.9. The number of benzene rings is 3. The number of furan rings is 1. The van der Waals surface area contributed by atoms with E-state index >= 15 is 0 Å². The molecule has 0 spiro atoms. The number of carbonyl (C=O) groups excluding carboxylic acids is 2. The molecule has 0 bridgehead atoms. The first-order chi connectivity index (χ1) is 18.2. The van der Waals surface area contributed by atoms with Gasteiger partial charge in [-0.3, -0.25) is 9.59 Å². The second-order valence-electron chi connectivity index (χ2n) is 8.87. The molecule has 0 saturated heterocycles. The van der Waals surface area contributed by atoms with E-state index < -0.39 is 11.7 Å². The van der Waals surface area contributed by atoms with Gasteiger partial charge in [-0.05, 0) is 72.8 Å². The van der Waals surface area contributed by atoms with Crippen LogP contribution in [0.25, 0.3) is 11.3 Å². The van der Waals surface area contributed by atoms with Gasteiger partial charge >= 0.3 is 6.18 Å². The summed E-state index contributed by atoms with van der Waals surface area (Å²) >= 11 is 0. The Hall–Kier alpha value is -4.53. The van der Waals surface area contributed by atoms with Gasteiger partial charge < -0.3 is 19.4 Å². The lowest BCUT2D eigenvalue weighted by molar-refractivity contribution is -0.137. The van der Waals surface area contributed by atoms with Crippen molar-refractivity contribution >= 4 is 17.5 Å². The number of hydrogen-bond donors (Lipinski definition) is 1. The van der Waals surface area contributed by atoms with E-state index in [2.05, 4.69) is 5.32 Å². The number of halogens is 3. The van der Waals surface area contributed by atoms with Crippen LogP contribution in [0.2, 0.25) is 0 Å². The number of nitrogens with one attached hydrogen (secondary N) is 1. The Kier molecular flexibility index (Phi) is 6.67. The maximum atomic E-state index is 12.9. The predicted molar refractivity (Wildman–Crippen MR) is 135 cm³/mol. The number of carbonyl (C=O) groups is 2. The highest BCUT2D eigenvalue weighted by atomic mass is 19.4. The highest BCUT2D eigenvalue weighted by molar-refractivity contribution is 6.04. The van der Waals surface area contributed by atoms with Gasteiger partial charge in [0.25, 0.3) is 11.8 Å². The molecular formula is C29H23F3N2O4. The van der Waals surface area contributed by atoms with Crippen molar-refractivity contribution in [3.63, 3.8) is 0 Å². The molecular weight excluding hydrogens is 497 g/mol. The minimum atomic E-state index is -4.45. The molecule has 1 N–H and O–H groups in total. The van der Waals surface area contributed by atoms with Gasteiger partial charge in [0.2, 0.25) is 0 Å². The average Bonchev–Trinajstić information content (AvgIpc) is 3.36. The third kappa shape index (κ3) is 5.27. The molecule has 2 heterocycles. The lowest BCUT2D eigenvalue weighted by atomic mass is 10.1. The van der Waals surface area contributed by atoms with Crippen molar-refractivity contribution in [1.82, 2.24) is 4.90 Å². The Bertz CT molecular complexity index is 1480. The largest absolute Gasteiger partial charge is 0.497 e. The normalized spacial score (nSPS) is 13.1. The van der Waals surface area contributed by atoms with E-state index in [4.69, 9.17) is 9.15 Å². The molecule has 1 aromatic heterocycles. The summed E-state index contributed by atoms with van der Waals surface area (Å²) in [5, 5.41) is 2.85. The molecule has 1 aliphatic rings. The SMILES string of the molecule is COc1cccc(C(=O)Nc2ccc(-c3cc4c(o3)CCN(C(=O)c3ccc(C(F)(F)F)cc3)C4)cc2)c1. The molecule has 194 valence electrons. The number of nitrogens with zero attached hydrogens (tertiary/aromatic N) is 1. The molecule has 9 heteroatoms. The van der Waals surface area contributed by atoms with Crippen molar-refractivity contribution in [2.45, 2.75) is 19.1 Å². The average molecular weight is 521 g/mol. The van der Waals surface area contributed by atoms with Crippen LogP contribution in [-0.4, -0.2) is 30.4 Å². The third-order valence-corrected chi connectivity index (χ3v) is 6.37. The van der Waals surface area contributed by atoms with Gasteiger partial charge in [-0.25, -0.2) is 0 Å². The topological polar surface area (TPSA) is 71.8 Å². The minimum Gasteiger partial charge on any atom is -0.497 e. The third-order valence-electron chi connectivity index (χ3n) is 6.37. The molecule has 0 aliphatic carbocycles. The van der Waals surface area contributed by atoms with E-state index in [-0.39, 0.29) is 17.4 Å². The zero-order chi connectivity index (χ0) is 26.9. The zero-order valence-corrected chi connectivity index (χ0v) is 20.3. The van der Waals surface area contributed by atoms with Crippen molar-refractivity contribution in [2.75, 3.05) is 19.0 Å². The van der Waals surface area contributed by atoms with Gasteiger partial charge in [0.15, 0.2) is 0 Å². The second-order valence-corrected chi connectivity index (χ2v) is 8.87. The van der Waals surface area contributed by atoms with E-state index in [0.29, 0.717) is 42.3 Å². The monoisotopic (exact) mass is 520 g/mol. The predicted octanol–water partition coefficient (Wildman–Crippen LogP) is 6.42. The number of fused-ring (bicyclic) bond motifs is 1. The maximum Gasteiger partial charge on any atom is 0.416 e. The first-order valence-electron chi connectivity index (χ1n) is 11.9. The summed E-state index contributed by atoms with van der Waals surface area (Å²) in [5.74, 6) is 1.40. The number of methoxy groups -OCH3 is 1. The summed E-state index contributed by atoms with van der Waals surface area (Å²) in [5.41, 5.74) is 2.16. The molecule has 0 saturated carbocycles. The molecule has 4 aromatic rings. The molecule has 0 radical (unpaired) electrons. The molecule has 0 atom stereocenters.